The van der Waals surface area contributed by atoms with Crippen LogP contribution in [0.5, 0.6) is 5.75 Å². The minimum atomic E-state index is 0.198. The number of benzene rings is 2. The average molecular weight is 267 g/mol. The standard InChI is InChI=1S/C15H13N3O2/c1-9-12(3-2-4-13(9)16)15-17-14(18-20-15)10-5-7-11(19)8-6-10/h2-8,19H,16H2,1H3. The van der Waals surface area contributed by atoms with E-state index in [-0.39, 0.29) is 5.75 Å². The fourth-order valence-electron chi connectivity index (χ4n) is 1.95. The molecule has 5 heteroatoms. The summed E-state index contributed by atoms with van der Waals surface area (Å²) in [7, 11) is 0. The normalized spacial score (nSPS) is 10.7. The lowest BCUT2D eigenvalue weighted by atomic mass is 10.1. The number of phenolic OH excluding ortho intramolecular Hbond substituents is 1. The summed E-state index contributed by atoms with van der Waals surface area (Å²) >= 11 is 0. The molecule has 0 bridgehead atoms. The Labute approximate surface area is 115 Å². The van der Waals surface area contributed by atoms with Crippen molar-refractivity contribution in [1.82, 2.24) is 10.1 Å². The van der Waals surface area contributed by atoms with Gasteiger partial charge in [-0.1, -0.05) is 11.2 Å². The number of nitrogens with zero attached hydrogens (tertiary/aromatic N) is 2. The SMILES string of the molecule is Cc1c(N)cccc1-c1nc(-c2ccc(O)cc2)no1. The van der Waals surface area contributed by atoms with Gasteiger partial charge in [-0.05, 0) is 48.9 Å². The monoisotopic (exact) mass is 267 g/mol. The molecule has 5 nitrogen and oxygen atoms in total. The lowest BCUT2D eigenvalue weighted by Gasteiger charge is -2.03. The summed E-state index contributed by atoms with van der Waals surface area (Å²) < 4.78 is 5.29. The Hall–Kier alpha value is -2.82. The van der Waals surface area contributed by atoms with Gasteiger partial charge in [0.1, 0.15) is 5.75 Å². The highest BCUT2D eigenvalue weighted by atomic mass is 16.5. The molecule has 0 saturated carbocycles. The number of phenols is 1. The molecule has 0 saturated heterocycles. The van der Waals surface area contributed by atoms with Crippen LogP contribution in [-0.2, 0) is 0 Å². The molecule has 3 N–H and O–H groups in total. The van der Waals surface area contributed by atoms with Gasteiger partial charge in [0.2, 0.25) is 5.82 Å². The van der Waals surface area contributed by atoms with Crippen molar-refractivity contribution >= 4 is 5.69 Å². The molecule has 1 heterocycles. The van der Waals surface area contributed by atoms with Crippen LogP contribution in [0.3, 0.4) is 0 Å². The van der Waals surface area contributed by atoms with E-state index < -0.39 is 0 Å². The van der Waals surface area contributed by atoms with E-state index in [1.165, 1.54) is 0 Å². The van der Waals surface area contributed by atoms with Gasteiger partial charge >= 0.3 is 0 Å². The lowest BCUT2D eigenvalue weighted by molar-refractivity contribution is 0.432. The zero-order chi connectivity index (χ0) is 14.1. The van der Waals surface area contributed by atoms with Crippen LogP contribution in [0, 0.1) is 6.92 Å². The second-order valence-electron chi connectivity index (χ2n) is 4.49. The molecule has 1 aromatic heterocycles. The maximum Gasteiger partial charge on any atom is 0.258 e. The highest BCUT2D eigenvalue weighted by Gasteiger charge is 2.13. The van der Waals surface area contributed by atoms with Crippen molar-refractivity contribution in [3.8, 4) is 28.6 Å². The number of aromatic nitrogens is 2. The van der Waals surface area contributed by atoms with E-state index in [9.17, 15) is 5.11 Å². The highest BCUT2D eigenvalue weighted by molar-refractivity contribution is 5.68. The molecule has 0 fully saturated rings. The van der Waals surface area contributed by atoms with Gasteiger partial charge in [-0.2, -0.15) is 4.98 Å². The topological polar surface area (TPSA) is 85.2 Å². The van der Waals surface area contributed by atoms with Gasteiger partial charge in [-0.25, -0.2) is 0 Å². The molecule has 0 spiro atoms. The second kappa shape index (κ2) is 4.70. The molecule has 3 aromatic rings. The number of hydrogen-bond donors (Lipinski definition) is 2. The van der Waals surface area contributed by atoms with E-state index in [4.69, 9.17) is 10.3 Å². The van der Waals surface area contributed by atoms with Gasteiger partial charge in [-0.15, -0.1) is 0 Å². The summed E-state index contributed by atoms with van der Waals surface area (Å²) in [6.07, 6.45) is 0. The fourth-order valence-corrected chi connectivity index (χ4v) is 1.95. The summed E-state index contributed by atoms with van der Waals surface area (Å²) in [5.74, 6) is 1.10. The Balaban J connectivity index is 2.02. The summed E-state index contributed by atoms with van der Waals surface area (Å²) in [5, 5.41) is 13.2. The summed E-state index contributed by atoms with van der Waals surface area (Å²) in [6.45, 7) is 1.91. The molecule has 0 aliphatic rings. The van der Waals surface area contributed by atoms with Crippen LogP contribution in [0.1, 0.15) is 5.56 Å². The molecule has 0 unspecified atom stereocenters. The van der Waals surface area contributed by atoms with Gasteiger partial charge in [0.05, 0.1) is 0 Å². The molecule has 2 aromatic carbocycles. The third-order valence-corrected chi connectivity index (χ3v) is 3.16. The molecule has 0 amide bonds. The van der Waals surface area contributed by atoms with Gasteiger partial charge in [-0.3, -0.25) is 0 Å². The number of nitrogens with two attached hydrogens (primary N) is 1. The average Bonchev–Trinajstić information content (AvgIpc) is 2.92. The van der Waals surface area contributed by atoms with E-state index in [2.05, 4.69) is 10.1 Å². The maximum atomic E-state index is 9.28. The van der Waals surface area contributed by atoms with E-state index >= 15 is 0 Å². The molecular formula is C15H13N3O2. The van der Waals surface area contributed by atoms with E-state index in [0.717, 1.165) is 16.7 Å². The molecule has 0 atom stereocenters. The first kappa shape index (κ1) is 12.2. The van der Waals surface area contributed by atoms with Crippen LogP contribution in [0.4, 0.5) is 5.69 Å². The van der Waals surface area contributed by atoms with Crippen LogP contribution in [0.15, 0.2) is 47.0 Å². The van der Waals surface area contributed by atoms with E-state index in [0.29, 0.717) is 17.4 Å². The fraction of sp³-hybridized carbons (Fsp3) is 0.0667. The third kappa shape index (κ3) is 2.09. The largest absolute Gasteiger partial charge is 0.508 e. The van der Waals surface area contributed by atoms with Crippen LogP contribution in [-0.4, -0.2) is 15.2 Å². The molecule has 20 heavy (non-hydrogen) atoms. The van der Waals surface area contributed by atoms with Crippen molar-refractivity contribution < 1.29 is 9.63 Å². The summed E-state index contributed by atoms with van der Waals surface area (Å²) in [6, 6.07) is 12.2. The molecule has 100 valence electrons. The molecule has 0 aliphatic heterocycles. The number of rotatable bonds is 2. The van der Waals surface area contributed by atoms with Crippen LogP contribution >= 0.6 is 0 Å². The number of aromatic hydroxyl groups is 1. The zero-order valence-electron chi connectivity index (χ0n) is 10.9. The Kier molecular flexibility index (Phi) is 2.87. The Morgan fingerprint density at radius 3 is 2.60 bits per heavy atom. The Morgan fingerprint density at radius 1 is 1.10 bits per heavy atom. The van der Waals surface area contributed by atoms with Gasteiger partial charge in [0, 0.05) is 16.8 Å². The summed E-state index contributed by atoms with van der Waals surface area (Å²) in [5.41, 5.74) is 9.07. The van der Waals surface area contributed by atoms with Crippen LogP contribution in [0.25, 0.3) is 22.8 Å². The first-order valence-electron chi connectivity index (χ1n) is 6.14. The number of hydrogen-bond acceptors (Lipinski definition) is 5. The van der Waals surface area contributed by atoms with Crippen molar-refractivity contribution in [3.05, 3.63) is 48.0 Å². The molecule has 0 radical (unpaired) electrons. The number of anilines is 1. The van der Waals surface area contributed by atoms with Crippen molar-refractivity contribution in [2.24, 2.45) is 0 Å². The maximum absolute atomic E-state index is 9.28. The predicted octanol–water partition coefficient (Wildman–Crippen LogP) is 3.00. The van der Waals surface area contributed by atoms with Crippen molar-refractivity contribution in [2.45, 2.75) is 6.92 Å². The minimum Gasteiger partial charge on any atom is -0.508 e. The first-order valence-corrected chi connectivity index (χ1v) is 6.14. The second-order valence-corrected chi connectivity index (χ2v) is 4.49. The van der Waals surface area contributed by atoms with Crippen LogP contribution in [0.2, 0.25) is 0 Å². The lowest BCUT2D eigenvalue weighted by Crippen LogP contribution is -1.92. The van der Waals surface area contributed by atoms with Gasteiger partial charge in [0.25, 0.3) is 5.89 Å². The third-order valence-electron chi connectivity index (χ3n) is 3.16. The number of nitrogen functional groups attached to an aromatic ring is 1. The smallest absolute Gasteiger partial charge is 0.258 e. The predicted molar refractivity (Wildman–Crippen MR) is 76.0 cm³/mol. The van der Waals surface area contributed by atoms with Gasteiger partial charge < -0.3 is 15.4 Å². The van der Waals surface area contributed by atoms with Crippen molar-refractivity contribution in [1.29, 1.82) is 0 Å². The minimum absolute atomic E-state index is 0.198. The Bertz CT molecular complexity index is 748. The van der Waals surface area contributed by atoms with E-state index in [1.807, 2.05) is 25.1 Å². The molecular weight excluding hydrogens is 254 g/mol. The first-order chi connectivity index (χ1) is 9.65. The van der Waals surface area contributed by atoms with Crippen molar-refractivity contribution in [2.75, 3.05) is 5.73 Å². The summed E-state index contributed by atoms with van der Waals surface area (Å²) in [4.78, 5) is 4.37. The highest BCUT2D eigenvalue weighted by Crippen LogP contribution is 2.28. The molecule has 0 aliphatic carbocycles. The van der Waals surface area contributed by atoms with Crippen LogP contribution < -0.4 is 5.73 Å². The van der Waals surface area contributed by atoms with E-state index in [1.54, 1.807) is 24.3 Å². The van der Waals surface area contributed by atoms with Gasteiger partial charge in [0.15, 0.2) is 0 Å². The Morgan fingerprint density at radius 2 is 1.85 bits per heavy atom. The zero-order valence-corrected chi connectivity index (χ0v) is 10.9. The quantitative estimate of drug-likeness (QED) is 0.697. The molecule has 3 rings (SSSR count). The van der Waals surface area contributed by atoms with Crippen molar-refractivity contribution in [3.63, 3.8) is 0 Å².